The van der Waals surface area contributed by atoms with Crippen molar-refractivity contribution in [3.8, 4) is 5.75 Å². The molecule has 4 heterocycles. The highest BCUT2D eigenvalue weighted by Crippen LogP contribution is 2.24. The van der Waals surface area contributed by atoms with Crippen LogP contribution in [0, 0.1) is 5.92 Å². The van der Waals surface area contributed by atoms with E-state index in [-0.39, 0.29) is 37.3 Å². The van der Waals surface area contributed by atoms with Crippen LogP contribution in [0.5, 0.6) is 5.75 Å². The van der Waals surface area contributed by atoms with Gasteiger partial charge in [0, 0.05) is 20.0 Å². The largest absolute Gasteiger partial charge is 0.484 e. The van der Waals surface area contributed by atoms with Gasteiger partial charge in [0.15, 0.2) is 6.61 Å². The highest BCUT2D eigenvalue weighted by atomic mass is 32.1. The highest BCUT2D eigenvalue weighted by molar-refractivity contribution is 7.18. The summed E-state index contributed by atoms with van der Waals surface area (Å²) in [5.41, 5.74) is 1.61. The van der Waals surface area contributed by atoms with Crippen LogP contribution in [0.25, 0.3) is 10.2 Å². The van der Waals surface area contributed by atoms with Crippen molar-refractivity contribution < 1.29 is 28.7 Å². The summed E-state index contributed by atoms with van der Waals surface area (Å²) in [7, 11) is 1.67. The lowest BCUT2D eigenvalue weighted by molar-refractivity contribution is -0.143. The summed E-state index contributed by atoms with van der Waals surface area (Å²) in [5, 5.41) is 9.13. The van der Waals surface area contributed by atoms with E-state index in [0.717, 1.165) is 20.8 Å². The van der Waals surface area contributed by atoms with Crippen molar-refractivity contribution in [3.63, 3.8) is 0 Å². The van der Waals surface area contributed by atoms with E-state index in [0.29, 0.717) is 25.1 Å². The number of benzene rings is 2. The predicted molar refractivity (Wildman–Crippen MR) is 173 cm³/mol. The molecular weight excluding hydrogens is 608 g/mol. The molecule has 0 aliphatic carbocycles. The lowest BCUT2D eigenvalue weighted by atomic mass is 10.0. The highest BCUT2D eigenvalue weighted by Gasteiger charge is 2.39. The van der Waals surface area contributed by atoms with Crippen LogP contribution < -0.4 is 20.7 Å². The van der Waals surface area contributed by atoms with Gasteiger partial charge < -0.3 is 30.5 Å². The van der Waals surface area contributed by atoms with Gasteiger partial charge in [0.05, 0.1) is 16.8 Å². The molecule has 0 unspecified atom stereocenters. The summed E-state index contributed by atoms with van der Waals surface area (Å²) in [5.74, 6) is -1.92. The molecule has 3 N–H and O–H groups in total. The number of hydrogen-bond donors (Lipinski definition) is 3. The molecule has 0 radical (unpaired) electrons. The molecule has 1 aromatic heterocycles. The van der Waals surface area contributed by atoms with Crippen LogP contribution in [0.4, 0.5) is 0 Å². The van der Waals surface area contributed by atoms with E-state index in [1.165, 1.54) is 21.1 Å². The number of carbonyl (C=O) groups is 5. The molecule has 6 rings (SSSR count). The fourth-order valence-electron chi connectivity index (χ4n) is 5.72. The van der Waals surface area contributed by atoms with Gasteiger partial charge in [-0.25, -0.2) is 4.98 Å². The van der Waals surface area contributed by atoms with Gasteiger partial charge in [0.25, 0.3) is 5.91 Å². The number of carbonyl (C=O) groups excluding carboxylic acids is 5. The summed E-state index contributed by atoms with van der Waals surface area (Å²) in [6.45, 7) is 5.51. The second-order valence-electron chi connectivity index (χ2n) is 12.2. The molecule has 244 valence electrons. The summed E-state index contributed by atoms with van der Waals surface area (Å²) < 4.78 is 6.71. The Hall–Kier alpha value is -4.52. The van der Waals surface area contributed by atoms with Crippen molar-refractivity contribution in [2.24, 2.45) is 5.92 Å². The van der Waals surface area contributed by atoms with E-state index in [9.17, 15) is 24.0 Å². The molecule has 1 fully saturated rings. The first kappa shape index (κ1) is 32.9. The molecule has 2 aromatic carbocycles. The van der Waals surface area contributed by atoms with Gasteiger partial charge >= 0.3 is 0 Å². The molecule has 4 atom stereocenters. The third-order valence-electron chi connectivity index (χ3n) is 8.27. The number of ether oxygens (including phenoxy) is 1. The van der Waals surface area contributed by atoms with Crippen LogP contribution >= 0.6 is 11.3 Å². The number of nitrogens with one attached hydrogen (secondary N) is 3. The number of thiazole rings is 1. The first-order valence-corrected chi connectivity index (χ1v) is 16.3. The molecule has 5 amide bonds. The molecule has 3 aromatic rings. The maximum absolute atomic E-state index is 13.8. The fraction of sp³-hybridized carbons (Fsp3) is 0.455. The zero-order chi connectivity index (χ0) is 33.0. The van der Waals surface area contributed by atoms with Crippen molar-refractivity contribution in [1.82, 2.24) is 30.7 Å². The van der Waals surface area contributed by atoms with E-state index >= 15 is 0 Å². The molecule has 1 saturated heterocycles. The van der Waals surface area contributed by atoms with Crippen LogP contribution in [-0.4, -0.2) is 88.7 Å². The summed E-state index contributed by atoms with van der Waals surface area (Å²) in [6, 6.07) is 11.1. The Morgan fingerprint density at radius 2 is 1.78 bits per heavy atom. The summed E-state index contributed by atoms with van der Waals surface area (Å²) in [6.07, 6.45) is 1.22. The molecular formula is C33H40N6O6S. The topological polar surface area (TPSA) is 150 Å². The van der Waals surface area contributed by atoms with Crippen LogP contribution in [0.2, 0.25) is 0 Å². The fourth-order valence-corrected chi connectivity index (χ4v) is 6.74. The number of para-hydroxylation sites is 1. The third kappa shape index (κ3) is 7.64. The Kier molecular flexibility index (Phi) is 10.2. The van der Waals surface area contributed by atoms with E-state index in [2.05, 4.69) is 20.9 Å². The lowest BCUT2D eigenvalue weighted by Crippen LogP contribution is -2.58. The number of amides is 5. The van der Waals surface area contributed by atoms with Gasteiger partial charge in [-0.2, -0.15) is 0 Å². The van der Waals surface area contributed by atoms with Gasteiger partial charge in [0.2, 0.25) is 23.6 Å². The van der Waals surface area contributed by atoms with Crippen molar-refractivity contribution >= 4 is 51.1 Å². The number of nitrogens with zero attached hydrogens (tertiary/aromatic N) is 3. The Balaban J connectivity index is 1.38. The normalized spacial score (nSPS) is 23.1. The average Bonchev–Trinajstić information content (AvgIpc) is 3.69. The van der Waals surface area contributed by atoms with Crippen molar-refractivity contribution in [2.75, 3.05) is 20.2 Å². The van der Waals surface area contributed by atoms with Crippen LogP contribution in [0.1, 0.15) is 44.2 Å². The second-order valence-corrected chi connectivity index (χ2v) is 13.3. The summed E-state index contributed by atoms with van der Waals surface area (Å²) >= 11 is 1.50. The van der Waals surface area contributed by atoms with Gasteiger partial charge in [-0.15, -0.1) is 11.3 Å². The minimum atomic E-state index is -0.978. The zero-order valence-corrected chi connectivity index (χ0v) is 27.3. The molecule has 3 aliphatic rings. The van der Waals surface area contributed by atoms with Gasteiger partial charge in [0.1, 0.15) is 34.9 Å². The van der Waals surface area contributed by atoms with Gasteiger partial charge in [-0.3, -0.25) is 24.0 Å². The smallest absolute Gasteiger partial charge is 0.258 e. The second kappa shape index (κ2) is 14.3. The minimum Gasteiger partial charge on any atom is -0.484 e. The number of rotatable bonds is 4. The Morgan fingerprint density at radius 1 is 1.04 bits per heavy atom. The van der Waals surface area contributed by atoms with Gasteiger partial charge in [-0.1, -0.05) is 38.1 Å². The summed E-state index contributed by atoms with van der Waals surface area (Å²) in [4.78, 5) is 74.6. The van der Waals surface area contributed by atoms with E-state index in [4.69, 9.17) is 4.74 Å². The van der Waals surface area contributed by atoms with Crippen molar-refractivity contribution in [1.29, 1.82) is 0 Å². The standard InChI is InChI=1S/C33H40N6O6S/c1-19(2)29-33(44)39-15-7-9-25(39)31(42)34-20(3)30(41)36-24(16-21-11-13-22(14-12-21)45-18-27(40)37-29)32(43)38(4)17-28-35-23-8-5-6-10-26(23)46-28/h5-6,8,10-14,19-20,24-25,29H,7,9,15-18H2,1-4H3,(H,34,42)(H,36,41)(H,37,40)/t20-,24-,25+,29-/m0/s1. The maximum atomic E-state index is 13.8. The first-order chi connectivity index (χ1) is 22.0. The molecule has 12 nitrogen and oxygen atoms in total. The van der Waals surface area contributed by atoms with Crippen LogP contribution in [0.15, 0.2) is 48.5 Å². The zero-order valence-electron chi connectivity index (χ0n) is 26.4. The van der Waals surface area contributed by atoms with Crippen molar-refractivity contribution in [2.45, 2.75) is 70.7 Å². The number of aromatic nitrogens is 1. The molecule has 0 spiro atoms. The molecule has 13 heteroatoms. The minimum absolute atomic E-state index is 0.178. The van der Waals surface area contributed by atoms with E-state index < -0.39 is 41.9 Å². The van der Waals surface area contributed by atoms with E-state index in [1.54, 1.807) is 38.2 Å². The van der Waals surface area contributed by atoms with Crippen LogP contribution in [-0.2, 0) is 36.9 Å². The third-order valence-corrected chi connectivity index (χ3v) is 9.30. The number of hydrogen-bond acceptors (Lipinski definition) is 8. The SMILES string of the molecule is CC(C)[C@@H]1NC(=O)COc2ccc(cc2)C[C@@H](C(=O)N(C)Cc2nc3ccccc3s2)NC(=O)[C@H](C)NC(=O)[C@H]2CCCN2C1=O. The van der Waals surface area contributed by atoms with Crippen LogP contribution in [0.3, 0.4) is 0 Å². The number of fused-ring (bicyclic) bond motifs is 14. The first-order valence-electron chi connectivity index (χ1n) is 15.5. The quantitative estimate of drug-likeness (QED) is 0.392. The average molecular weight is 649 g/mol. The maximum Gasteiger partial charge on any atom is 0.258 e. The Labute approximate surface area is 271 Å². The predicted octanol–water partition coefficient (Wildman–Crippen LogP) is 2.01. The molecule has 46 heavy (non-hydrogen) atoms. The number of likely N-dealkylation sites (N-methyl/N-ethyl adjacent to an activating group) is 1. The molecule has 0 saturated carbocycles. The van der Waals surface area contributed by atoms with E-state index in [1.807, 2.05) is 38.1 Å². The lowest BCUT2D eigenvalue weighted by Gasteiger charge is -2.31. The monoisotopic (exact) mass is 648 g/mol. The Morgan fingerprint density at radius 3 is 2.50 bits per heavy atom. The van der Waals surface area contributed by atoms with Crippen molar-refractivity contribution in [3.05, 3.63) is 59.1 Å². The molecule has 2 bridgehead atoms. The molecule has 3 aliphatic heterocycles. The van der Waals surface area contributed by atoms with Gasteiger partial charge in [-0.05, 0) is 55.5 Å². The Bertz CT molecular complexity index is 1570.